The van der Waals surface area contributed by atoms with Gasteiger partial charge in [0.25, 0.3) is 0 Å². The molecule has 1 atom stereocenters. The Morgan fingerprint density at radius 2 is 2.11 bits per heavy atom. The summed E-state index contributed by atoms with van der Waals surface area (Å²) in [7, 11) is 0. The zero-order valence-corrected chi connectivity index (χ0v) is 12.2. The molecule has 0 aliphatic carbocycles. The van der Waals surface area contributed by atoms with Crippen molar-refractivity contribution in [3.63, 3.8) is 0 Å². The largest absolute Gasteiger partial charge is 0.464 e. The van der Waals surface area contributed by atoms with Crippen molar-refractivity contribution in [3.8, 4) is 0 Å². The predicted molar refractivity (Wildman–Crippen MR) is 74.1 cm³/mol. The van der Waals surface area contributed by atoms with Gasteiger partial charge in [-0.1, -0.05) is 13.8 Å². The summed E-state index contributed by atoms with van der Waals surface area (Å²) in [4.78, 5) is 2.28. The molecule has 1 N–H and O–H groups in total. The zero-order chi connectivity index (χ0) is 13.9. The van der Waals surface area contributed by atoms with Crippen LogP contribution in [0.15, 0.2) is 16.5 Å². The number of furan rings is 1. The minimum Gasteiger partial charge on any atom is -0.464 e. The second kappa shape index (κ2) is 6.07. The summed E-state index contributed by atoms with van der Waals surface area (Å²) in [5.41, 5.74) is -0.582. The Labute approximate surface area is 115 Å². The van der Waals surface area contributed by atoms with E-state index in [0.29, 0.717) is 13.2 Å². The number of aryl methyl sites for hydroxylation is 1. The predicted octanol–water partition coefficient (Wildman–Crippen LogP) is 2.51. The zero-order valence-electron chi connectivity index (χ0n) is 12.2. The summed E-state index contributed by atoms with van der Waals surface area (Å²) in [6, 6.07) is 3.95. The van der Waals surface area contributed by atoms with Gasteiger partial charge in [0.15, 0.2) is 0 Å². The molecule has 4 heteroatoms. The standard InChI is InChI=1S/C15H25NO3/c1-4-15(17,5-2)11-16-8-9-18-14(10-16)13-7-6-12(3)19-13/h6-7,14,17H,4-5,8-11H2,1-3H3. The smallest absolute Gasteiger partial charge is 0.134 e. The van der Waals surface area contributed by atoms with Gasteiger partial charge in [-0.15, -0.1) is 0 Å². The molecule has 0 radical (unpaired) electrons. The molecule has 4 nitrogen and oxygen atoms in total. The minimum atomic E-state index is -0.582. The lowest BCUT2D eigenvalue weighted by Gasteiger charge is -2.37. The van der Waals surface area contributed by atoms with E-state index in [1.165, 1.54) is 0 Å². The Morgan fingerprint density at radius 1 is 1.37 bits per heavy atom. The van der Waals surface area contributed by atoms with Gasteiger partial charge in [0.2, 0.25) is 0 Å². The molecule has 1 aromatic heterocycles. The Bertz CT molecular complexity index is 398. The summed E-state index contributed by atoms with van der Waals surface area (Å²) in [5.74, 6) is 1.80. The number of β-amino-alcohol motifs (C(OH)–C–C–N with tert-alkyl or cyclic N) is 1. The fourth-order valence-electron chi connectivity index (χ4n) is 2.53. The molecular formula is C15H25NO3. The minimum absolute atomic E-state index is 0.0135. The highest BCUT2D eigenvalue weighted by molar-refractivity contribution is 5.09. The van der Waals surface area contributed by atoms with Gasteiger partial charge < -0.3 is 14.3 Å². The Hall–Kier alpha value is -0.840. The first-order valence-electron chi connectivity index (χ1n) is 7.19. The Morgan fingerprint density at radius 3 is 2.68 bits per heavy atom. The second-order valence-electron chi connectivity index (χ2n) is 5.47. The SMILES string of the molecule is CCC(O)(CC)CN1CCOC(c2ccc(C)o2)C1. The molecule has 0 spiro atoms. The van der Waals surface area contributed by atoms with E-state index in [1.807, 2.05) is 32.9 Å². The van der Waals surface area contributed by atoms with Crippen molar-refractivity contribution in [1.82, 2.24) is 4.90 Å². The van der Waals surface area contributed by atoms with Crippen LogP contribution in [0.1, 0.15) is 44.3 Å². The van der Waals surface area contributed by atoms with Crippen LogP contribution in [0.4, 0.5) is 0 Å². The van der Waals surface area contributed by atoms with Crippen LogP contribution >= 0.6 is 0 Å². The van der Waals surface area contributed by atoms with E-state index < -0.39 is 5.60 Å². The molecule has 1 aliphatic heterocycles. The van der Waals surface area contributed by atoms with E-state index in [0.717, 1.165) is 37.5 Å². The molecule has 1 saturated heterocycles. The summed E-state index contributed by atoms with van der Waals surface area (Å²) >= 11 is 0. The highest BCUT2D eigenvalue weighted by Crippen LogP contribution is 2.26. The van der Waals surface area contributed by atoms with Crippen LogP contribution in [0, 0.1) is 6.92 Å². The molecule has 1 fully saturated rings. The summed E-state index contributed by atoms with van der Waals surface area (Å²) < 4.78 is 11.4. The number of aliphatic hydroxyl groups is 1. The molecule has 0 bridgehead atoms. The van der Waals surface area contributed by atoms with Crippen molar-refractivity contribution < 1.29 is 14.3 Å². The highest BCUT2D eigenvalue weighted by Gasteiger charge is 2.30. The number of morpholine rings is 1. The third-order valence-electron chi connectivity index (χ3n) is 4.06. The second-order valence-corrected chi connectivity index (χ2v) is 5.47. The molecule has 2 heterocycles. The first-order valence-corrected chi connectivity index (χ1v) is 7.19. The van der Waals surface area contributed by atoms with Gasteiger partial charge in [0, 0.05) is 19.6 Å². The van der Waals surface area contributed by atoms with Gasteiger partial charge in [-0.05, 0) is 31.9 Å². The molecule has 0 aromatic carbocycles. The van der Waals surface area contributed by atoms with Crippen LogP contribution in [-0.4, -0.2) is 41.8 Å². The fourth-order valence-corrected chi connectivity index (χ4v) is 2.53. The topological polar surface area (TPSA) is 45.8 Å². The third-order valence-corrected chi connectivity index (χ3v) is 4.06. The van der Waals surface area contributed by atoms with Gasteiger partial charge in [-0.2, -0.15) is 0 Å². The molecular weight excluding hydrogens is 242 g/mol. The van der Waals surface area contributed by atoms with Crippen LogP contribution in [0.2, 0.25) is 0 Å². The summed E-state index contributed by atoms with van der Waals surface area (Å²) in [5, 5.41) is 10.4. The molecule has 1 aliphatic rings. The maximum Gasteiger partial charge on any atom is 0.134 e. The van der Waals surface area contributed by atoms with E-state index in [4.69, 9.17) is 9.15 Å². The fraction of sp³-hybridized carbons (Fsp3) is 0.733. The van der Waals surface area contributed by atoms with Crippen molar-refractivity contribution >= 4 is 0 Å². The number of ether oxygens (including phenoxy) is 1. The number of rotatable bonds is 5. The Balaban J connectivity index is 1.97. The van der Waals surface area contributed by atoms with E-state index in [1.54, 1.807) is 0 Å². The third kappa shape index (κ3) is 3.59. The average molecular weight is 267 g/mol. The molecule has 2 rings (SSSR count). The van der Waals surface area contributed by atoms with Crippen LogP contribution in [0.25, 0.3) is 0 Å². The van der Waals surface area contributed by atoms with E-state index >= 15 is 0 Å². The van der Waals surface area contributed by atoms with Crippen molar-refractivity contribution in [2.45, 2.75) is 45.3 Å². The summed E-state index contributed by atoms with van der Waals surface area (Å²) in [6.07, 6.45) is 1.55. The maximum atomic E-state index is 10.4. The van der Waals surface area contributed by atoms with Gasteiger partial charge in [-0.3, -0.25) is 4.90 Å². The van der Waals surface area contributed by atoms with Gasteiger partial charge in [-0.25, -0.2) is 0 Å². The molecule has 0 saturated carbocycles. The number of nitrogens with zero attached hydrogens (tertiary/aromatic N) is 1. The van der Waals surface area contributed by atoms with Crippen LogP contribution in [0.5, 0.6) is 0 Å². The maximum absolute atomic E-state index is 10.4. The first-order chi connectivity index (χ1) is 9.06. The molecule has 1 unspecified atom stereocenters. The normalized spacial score (nSPS) is 21.8. The van der Waals surface area contributed by atoms with Crippen LogP contribution in [0.3, 0.4) is 0 Å². The quantitative estimate of drug-likeness (QED) is 0.890. The van der Waals surface area contributed by atoms with Crippen LogP contribution < -0.4 is 0 Å². The summed E-state index contributed by atoms with van der Waals surface area (Å²) in [6.45, 7) is 9.08. The average Bonchev–Trinajstić information content (AvgIpc) is 2.86. The lowest BCUT2D eigenvalue weighted by molar-refractivity contribution is -0.0740. The molecule has 108 valence electrons. The Kier molecular flexibility index (Phi) is 4.66. The van der Waals surface area contributed by atoms with Crippen LogP contribution in [-0.2, 0) is 4.74 Å². The van der Waals surface area contributed by atoms with Crippen molar-refractivity contribution in [2.24, 2.45) is 0 Å². The molecule has 1 aromatic rings. The lowest BCUT2D eigenvalue weighted by Crippen LogP contribution is -2.47. The highest BCUT2D eigenvalue weighted by atomic mass is 16.5. The molecule has 0 amide bonds. The first kappa shape index (κ1) is 14.6. The van der Waals surface area contributed by atoms with Gasteiger partial charge in [0.1, 0.15) is 17.6 Å². The van der Waals surface area contributed by atoms with Gasteiger partial charge in [0.05, 0.1) is 12.2 Å². The number of hydrogen-bond donors (Lipinski definition) is 1. The van der Waals surface area contributed by atoms with Crippen molar-refractivity contribution in [2.75, 3.05) is 26.2 Å². The van der Waals surface area contributed by atoms with Gasteiger partial charge >= 0.3 is 0 Å². The monoisotopic (exact) mass is 267 g/mol. The van der Waals surface area contributed by atoms with E-state index in [9.17, 15) is 5.11 Å². The molecule has 19 heavy (non-hydrogen) atoms. The number of hydrogen-bond acceptors (Lipinski definition) is 4. The van der Waals surface area contributed by atoms with E-state index in [-0.39, 0.29) is 6.10 Å². The van der Waals surface area contributed by atoms with E-state index in [2.05, 4.69) is 4.90 Å². The van der Waals surface area contributed by atoms with Crippen molar-refractivity contribution in [1.29, 1.82) is 0 Å². The van der Waals surface area contributed by atoms with Crippen molar-refractivity contribution in [3.05, 3.63) is 23.7 Å². The lowest BCUT2D eigenvalue weighted by atomic mass is 9.96.